The van der Waals surface area contributed by atoms with Gasteiger partial charge in [0.15, 0.2) is 11.3 Å². The van der Waals surface area contributed by atoms with Crippen molar-refractivity contribution in [3.05, 3.63) is 58.8 Å². The number of imidazole rings is 1. The summed E-state index contributed by atoms with van der Waals surface area (Å²) in [5, 5.41) is 0. The van der Waals surface area contributed by atoms with Gasteiger partial charge in [0.25, 0.3) is 0 Å². The summed E-state index contributed by atoms with van der Waals surface area (Å²) in [4.78, 5) is 22.7. The largest absolute Gasteiger partial charge is 0.328 e. The normalized spacial score (nSPS) is 10.9. The maximum absolute atomic E-state index is 11.8. The van der Waals surface area contributed by atoms with Gasteiger partial charge < -0.3 is 0 Å². The average molecular weight is 240 g/mol. The molecule has 0 fully saturated rings. The van der Waals surface area contributed by atoms with Crippen molar-refractivity contribution in [2.45, 2.75) is 13.0 Å². The van der Waals surface area contributed by atoms with Crippen LogP contribution in [0.5, 0.6) is 0 Å². The van der Waals surface area contributed by atoms with Gasteiger partial charge in [-0.2, -0.15) is 0 Å². The maximum atomic E-state index is 11.8. The quantitative estimate of drug-likeness (QED) is 0.751. The minimum atomic E-state index is -0.160. The van der Waals surface area contributed by atoms with Gasteiger partial charge in [0.05, 0.1) is 0 Å². The van der Waals surface area contributed by atoms with Crippen LogP contribution >= 0.6 is 0 Å². The SMILES string of the molecule is O=c1[nH]c2nccnc2n1CCc1ccccc1. The molecule has 0 atom stereocenters. The van der Waals surface area contributed by atoms with Crippen molar-refractivity contribution in [2.24, 2.45) is 0 Å². The van der Waals surface area contributed by atoms with Crippen molar-refractivity contribution in [3.8, 4) is 0 Å². The van der Waals surface area contributed by atoms with Gasteiger partial charge in [0, 0.05) is 18.9 Å². The third-order valence-electron chi connectivity index (χ3n) is 2.87. The highest BCUT2D eigenvalue weighted by molar-refractivity contribution is 5.64. The molecule has 1 N–H and O–H groups in total. The van der Waals surface area contributed by atoms with Crippen molar-refractivity contribution in [3.63, 3.8) is 0 Å². The lowest BCUT2D eigenvalue weighted by molar-refractivity contribution is 0.685. The third kappa shape index (κ3) is 1.90. The van der Waals surface area contributed by atoms with E-state index >= 15 is 0 Å². The van der Waals surface area contributed by atoms with Gasteiger partial charge in [0.2, 0.25) is 0 Å². The number of nitrogens with one attached hydrogen (secondary N) is 1. The van der Waals surface area contributed by atoms with Gasteiger partial charge in [0.1, 0.15) is 0 Å². The molecule has 3 aromatic rings. The second-order valence-corrected chi connectivity index (χ2v) is 4.05. The molecule has 2 aromatic heterocycles. The van der Waals surface area contributed by atoms with Crippen molar-refractivity contribution < 1.29 is 0 Å². The Morgan fingerprint density at radius 3 is 2.72 bits per heavy atom. The van der Waals surface area contributed by atoms with Gasteiger partial charge in [-0.3, -0.25) is 9.55 Å². The number of aryl methyl sites for hydroxylation is 2. The highest BCUT2D eigenvalue weighted by Crippen LogP contribution is 2.05. The zero-order valence-corrected chi connectivity index (χ0v) is 9.71. The van der Waals surface area contributed by atoms with E-state index in [1.165, 1.54) is 5.56 Å². The lowest BCUT2D eigenvalue weighted by Gasteiger charge is -2.02. The van der Waals surface area contributed by atoms with Crippen molar-refractivity contribution in [2.75, 3.05) is 0 Å². The summed E-state index contributed by atoms with van der Waals surface area (Å²) in [6, 6.07) is 10.1. The molecule has 1 aromatic carbocycles. The predicted molar refractivity (Wildman–Crippen MR) is 68.3 cm³/mol. The Hall–Kier alpha value is -2.43. The number of nitrogens with zero attached hydrogens (tertiary/aromatic N) is 3. The summed E-state index contributed by atoms with van der Waals surface area (Å²) in [6.45, 7) is 0.599. The fourth-order valence-corrected chi connectivity index (χ4v) is 1.97. The summed E-state index contributed by atoms with van der Waals surface area (Å²) in [6.07, 6.45) is 3.96. The average Bonchev–Trinajstić information content (AvgIpc) is 2.73. The fourth-order valence-electron chi connectivity index (χ4n) is 1.97. The molecular weight excluding hydrogens is 228 g/mol. The third-order valence-corrected chi connectivity index (χ3v) is 2.87. The summed E-state index contributed by atoms with van der Waals surface area (Å²) in [5.41, 5.74) is 2.18. The number of fused-ring (bicyclic) bond motifs is 1. The highest BCUT2D eigenvalue weighted by atomic mass is 16.1. The van der Waals surface area contributed by atoms with E-state index in [0.717, 1.165) is 6.42 Å². The molecule has 90 valence electrons. The van der Waals surface area contributed by atoms with Gasteiger partial charge in [-0.25, -0.2) is 14.8 Å². The monoisotopic (exact) mass is 240 g/mol. The number of hydrogen-bond acceptors (Lipinski definition) is 3. The second-order valence-electron chi connectivity index (χ2n) is 4.05. The minimum Gasteiger partial charge on any atom is -0.289 e. The van der Waals surface area contributed by atoms with E-state index in [1.54, 1.807) is 17.0 Å². The minimum absolute atomic E-state index is 0.160. The Bertz CT molecular complexity index is 714. The number of aromatic amines is 1. The number of benzene rings is 1. The first-order valence-corrected chi connectivity index (χ1v) is 5.78. The number of H-pyrrole nitrogens is 1. The summed E-state index contributed by atoms with van der Waals surface area (Å²) < 4.78 is 1.62. The molecule has 0 saturated heterocycles. The van der Waals surface area contributed by atoms with E-state index in [0.29, 0.717) is 17.8 Å². The van der Waals surface area contributed by atoms with E-state index < -0.39 is 0 Å². The first-order chi connectivity index (χ1) is 8.84. The molecule has 18 heavy (non-hydrogen) atoms. The van der Waals surface area contributed by atoms with Crippen LogP contribution in [0.4, 0.5) is 0 Å². The number of hydrogen-bond donors (Lipinski definition) is 1. The van der Waals surface area contributed by atoms with Crippen LogP contribution in [0.3, 0.4) is 0 Å². The molecular formula is C13H12N4O. The standard InChI is InChI=1S/C13H12N4O/c18-13-16-11-12(15-8-7-14-11)17(13)9-6-10-4-2-1-3-5-10/h1-5,7-8H,6,9H2,(H,14,16,18). The van der Waals surface area contributed by atoms with E-state index in [-0.39, 0.29) is 5.69 Å². The molecule has 0 radical (unpaired) electrons. The van der Waals surface area contributed by atoms with Crippen LogP contribution in [-0.4, -0.2) is 19.5 Å². The van der Waals surface area contributed by atoms with Crippen LogP contribution in [-0.2, 0) is 13.0 Å². The first kappa shape index (κ1) is 10.7. The van der Waals surface area contributed by atoms with Crippen LogP contribution in [0.15, 0.2) is 47.5 Å². The molecule has 0 bridgehead atoms. The summed E-state index contributed by atoms with van der Waals surface area (Å²) >= 11 is 0. The van der Waals surface area contributed by atoms with E-state index in [1.807, 2.05) is 30.3 Å². The van der Waals surface area contributed by atoms with Crippen molar-refractivity contribution in [1.82, 2.24) is 19.5 Å². The highest BCUT2D eigenvalue weighted by Gasteiger charge is 2.07. The lowest BCUT2D eigenvalue weighted by atomic mass is 10.1. The van der Waals surface area contributed by atoms with Crippen LogP contribution in [0.2, 0.25) is 0 Å². The molecule has 0 saturated carbocycles. The van der Waals surface area contributed by atoms with Gasteiger partial charge in [-0.1, -0.05) is 30.3 Å². The molecule has 5 nitrogen and oxygen atoms in total. The van der Waals surface area contributed by atoms with Crippen LogP contribution in [0.1, 0.15) is 5.56 Å². The first-order valence-electron chi connectivity index (χ1n) is 5.78. The van der Waals surface area contributed by atoms with Crippen molar-refractivity contribution >= 4 is 11.3 Å². The topological polar surface area (TPSA) is 63.6 Å². The molecule has 0 aliphatic heterocycles. The van der Waals surface area contributed by atoms with Crippen LogP contribution in [0, 0.1) is 0 Å². The maximum Gasteiger partial charge on any atom is 0.328 e. The van der Waals surface area contributed by atoms with Gasteiger partial charge in [-0.05, 0) is 12.0 Å². The molecule has 0 spiro atoms. The Kier molecular flexibility index (Phi) is 2.64. The van der Waals surface area contributed by atoms with Crippen LogP contribution < -0.4 is 5.69 Å². The summed E-state index contributed by atoms with van der Waals surface area (Å²) in [5.74, 6) is 0. The van der Waals surface area contributed by atoms with Gasteiger partial charge in [-0.15, -0.1) is 0 Å². The number of aromatic nitrogens is 4. The Morgan fingerprint density at radius 1 is 1.11 bits per heavy atom. The zero-order valence-electron chi connectivity index (χ0n) is 9.71. The molecule has 0 amide bonds. The van der Waals surface area contributed by atoms with E-state index in [2.05, 4.69) is 15.0 Å². The fraction of sp³-hybridized carbons (Fsp3) is 0.154. The molecule has 5 heteroatoms. The molecule has 0 aliphatic rings. The van der Waals surface area contributed by atoms with Gasteiger partial charge >= 0.3 is 5.69 Å². The Morgan fingerprint density at radius 2 is 1.89 bits per heavy atom. The summed E-state index contributed by atoms with van der Waals surface area (Å²) in [7, 11) is 0. The van der Waals surface area contributed by atoms with Crippen molar-refractivity contribution in [1.29, 1.82) is 0 Å². The van der Waals surface area contributed by atoms with Crippen LogP contribution in [0.25, 0.3) is 11.3 Å². The lowest BCUT2D eigenvalue weighted by Crippen LogP contribution is -2.18. The number of rotatable bonds is 3. The smallest absolute Gasteiger partial charge is 0.289 e. The van der Waals surface area contributed by atoms with E-state index in [4.69, 9.17) is 0 Å². The predicted octanol–water partition coefficient (Wildman–Crippen LogP) is 1.36. The molecule has 0 unspecified atom stereocenters. The Labute approximate surface area is 103 Å². The second kappa shape index (κ2) is 4.44. The zero-order chi connectivity index (χ0) is 12.4. The van der Waals surface area contributed by atoms with E-state index in [9.17, 15) is 4.79 Å². The Balaban J connectivity index is 1.91. The molecule has 0 aliphatic carbocycles. The molecule has 2 heterocycles. The molecule has 3 rings (SSSR count).